The van der Waals surface area contributed by atoms with Crippen molar-refractivity contribution < 1.29 is 4.42 Å². The monoisotopic (exact) mass is 670 g/mol. The van der Waals surface area contributed by atoms with E-state index in [9.17, 15) is 0 Å². The molecule has 0 aliphatic rings. The molecule has 0 saturated heterocycles. The van der Waals surface area contributed by atoms with Crippen molar-refractivity contribution in [2.24, 2.45) is 0 Å². The summed E-state index contributed by atoms with van der Waals surface area (Å²) >= 11 is 1.80. The average Bonchev–Trinajstić information content (AvgIpc) is 3.86. The lowest BCUT2D eigenvalue weighted by molar-refractivity contribution is 0.669. The van der Waals surface area contributed by atoms with Gasteiger partial charge in [-0.2, -0.15) is 0 Å². The summed E-state index contributed by atoms with van der Waals surface area (Å²) in [4.78, 5) is 15.1. The van der Waals surface area contributed by atoms with Gasteiger partial charge in [0.1, 0.15) is 11.2 Å². The Kier molecular flexibility index (Phi) is 6.05. The zero-order chi connectivity index (χ0) is 33.5. The van der Waals surface area contributed by atoms with E-state index in [-0.39, 0.29) is 0 Å². The fraction of sp³-hybridized carbons (Fsp3) is 0. The van der Waals surface area contributed by atoms with Crippen molar-refractivity contribution >= 4 is 75.3 Å². The lowest BCUT2D eigenvalue weighted by Gasteiger charge is -2.08. The van der Waals surface area contributed by atoms with Crippen molar-refractivity contribution in [3.05, 3.63) is 158 Å². The zero-order valence-electron chi connectivity index (χ0n) is 27.1. The lowest BCUT2D eigenvalue weighted by atomic mass is 10.1. The summed E-state index contributed by atoms with van der Waals surface area (Å²) in [7, 11) is 0. The van der Waals surface area contributed by atoms with Crippen molar-refractivity contribution in [3.8, 4) is 39.9 Å². The Morgan fingerprint density at radius 1 is 0.392 bits per heavy atom. The number of nitrogens with zero attached hydrogens (tertiary/aromatic N) is 4. The maximum atomic E-state index is 6.64. The van der Waals surface area contributed by atoms with E-state index in [1.807, 2.05) is 30.3 Å². The lowest BCUT2D eigenvalue weighted by Crippen LogP contribution is -2.00. The molecule has 0 aliphatic heterocycles. The first-order valence-corrected chi connectivity index (χ1v) is 17.8. The van der Waals surface area contributed by atoms with Gasteiger partial charge in [0.15, 0.2) is 17.5 Å². The highest BCUT2D eigenvalue weighted by Crippen LogP contribution is 2.40. The van der Waals surface area contributed by atoms with Crippen LogP contribution in [-0.4, -0.2) is 19.5 Å². The number of hydrogen-bond donors (Lipinski definition) is 0. The van der Waals surface area contributed by atoms with Gasteiger partial charge in [0.25, 0.3) is 0 Å². The van der Waals surface area contributed by atoms with Crippen molar-refractivity contribution in [1.29, 1.82) is 0 Å². The van der Waals surface area contributed by atoms with Gasteiger partial charge in [-0.25, -0.2) is 15.0 Å². The largest absolute Gasteiger partial charge is 0.456 e. The van der Waals surface area contributed by atoms with Gasteiger partial charge in [-0.15, -0.1) is 11.3 Å². The summed E-state index contributed by atoms with van der Waals surface area (Å²) in [6.07, 6.45) is 0. The van der Waals surface area contributed by atoms with Crippen LogP contribution in [0.5, 0.6) is 0 Å². The van der Waals surface area contributed by atoms with Crippen molar-refractivity contribution in [3.63, 3.8) is 0 Å². The molecule has 0 spiro atoms. The Morgan fingerprint density at radius 3 is 1.84 bits per heavy atom. The molecule has 6 heteroatoms. The zero-order valence-corrected chi connectivity index (χ0v) is 27.9. The van der Waals surface area contributed by atoms with E-state index < -0.39 is 0 Å². The topological polar surface area (TPSA) is 56.7 Å². The van der Waals surface area contributed by atoms with Gasteiger partial charge in [-0.3, -0.25) is 0 Å². The first-order valence-electron chi connectivity index (χ1n) is 16.9. The second-order valence-corrected chi connectivity index (χ2v) is 13.9. The Morgan fingerprint density at radius 2 is 1.02 bits per heavy atom. The predicted octanol–water partition coefficient (Wildman–Crippen LogP) is 12.2. The molecule has 11 rings (SSSR count). The van der Waals surface area contributed by atoms with Crippen LogP contribution in [0.15, 0.2) is 162 Å². The van der Waals surface area contributed by atoms with Crippen LogP contribution in [0.25, 0.3) is 104 Å². The smallest absolute Gasteiger partial charge is 0.164 e. The molecule has 11 aromatic rings. The van der Waals surface area contributed by atoms with Crippen LogP contribution in [0.1, 0.15) is 0 Å². The molecule has 0 unspecified atom stereocenters. The third-order valence-electron chi connectivity index (χ3n) is 9.84. The summed E-state index contributed by atoms with van der Waals surface area (Å²) in [6.45, 7) is 0. The molecule has 0 amide bonds. The molecule has 0 bridgehead atoms. The van der Waals surface area contributed by atoms with Gasteiger partial charge < -0.3 is 8.98 Å². The van der Waals surface area contributed by atoms with Crippen LogP contribution in [0.3, 0.4) is 0 Å². The number of benzene rings is 7. The van der Waals surface area contributed by atoms with Gasteiger partial charge in [0.05, 0.1) is 11.0 Å². The van der Waals surface area contributed by atoms with E-state index in [1.54, 1.807) is 11.3 Å². The van der Waals surface area contributed by atoms with E-state index in [0.29, 0.717) is 17.5 Å². The quantitative estimate of drug-likeness (QED) is 0.187. The molecule has 0 radical (unpaired) electrons. The first-order chi connectivity index (χ1) is 25.2. The highest BCUT2D eigenvalue weighted by molar-refractivity contribution is 7.25. The Bertz CT molecular complexity index is 3140. The van der Waals surface area contributed by atoms with Crippen molar-refractivity contribution in [2.75, 3.05) is 0 Å². The van der Waals surface area contributed by atoms with Crippen LogP contribution in [0.4, 0.5) is 0 Å². The SMILES string of the molecule is c1ccc(-c2nc(-c3ccc4c(c3)oc3cc5c(cc34)c3ccccc3n5-c3ccccc3)nc(-c3ccc4sc5ccccc5c4c3)n2)cc1. The van der Waals surface area contributed by atoms with Crippen LogP contribution in [0.2, 0.25) is 0 Å². The van der Waals surface area contributed by atoms with E-state index in [1.165, 1.54) is 36.5 Å². The average molecular weight is 671 g/mol. The fourth-order valence-electron chi connectivity index (χ4n) is 7.45. The van der Waals surface area contributed by atoms with Gasteiger partial charge in [-0.05, 0) is 60.7 Å². The molecular formula is C45H26N4OS. The van der Waals surface area contributed by atoms with Crippen LogP contribution < -0.4 is 0 Å². The third-order valence-corrected chi connectivity index (χ3v) is 11.0. The maximum absolute atomic E-state index is 6.64. The first kappa shape index (κ1) is 28.2. The summed E-state index contributed by atoms with van der Waals surface area (Å²) in [5.41, 5.74) is 7.79. The molecule has 0 fully saturated rings. The van der Waals surface area contributed by atoms with Gasteiger partial charge in [-0.1, -0.05) is 91.0 Å². The summed E-state index contributed by atoms with van der Waals surface area (Å²) in [6, 6.07) is 55.0. The highest BCUT2D eigenvalue weighted by atomic mass is 32.1. The molecule has 5 nitrogen and oxygen atoms in total. The molecule has 7 aromatic carbocycles. The molecule has 51 heavy (non-hydrogen) atoms. The normalized spacial score (nSPS) is 11.9. The standard InChI is InChI=1S/C45H26N4OS/c1-3-11-27(12-4-1)43-46-44(28-20-22-42-36(23-28)33-16-8-10-18-41(33)51-42)48-45(47-43)29-19-21-32-35-25-34-31-15-7-9-17-37(31)49(30-13-5-2-6-14-30)38(34)26-40(35)50-39(32)24-29/h1-26H. The molecule has 0 saturated carbocycles. The molecule has 238 valence electrons. The number of aromatic nitrogens is 4. The minimum absolute atomic E-state index is 0.600. The van der Waals surface area contributed by atoms with Gasteiger partial charge >= 0.3 is 0 Å². The maximum Gasteiger partial charge on any atom is 0.164 e. The molecule has 4 heterocycles. The molecule has 0 N–H and O–H groups in total. The summed E-state index contributed by atoms with van der Waals surface area (Å²) in [5, 5.41) is 6.99. The number of fused-ring (bicyclic) bond motifs is 9. The van der Waals surface area contributed by atoms with Gasteiger partial charge in [0, 0.05) is 70.2 Å². The van der Waals surface area contributed by atoms with Crippen molar-refractivity contribution in [1.82, 2.24) is 19.5 Å². The predicted molar refractivity (Wildman–Crippen MR) is 211 cm³/mol. The summed E-state index contributed by atoms with van der Waals surface area (Å²) < 4.78 is 11.5. The van der Waals surface area contributed by atoms with E-state index in [4.69, 9.17) is 19.4 Å². The minimum atomic E-state index is 0.600. The second-order valence-electron chi connectivity index (χ2n) is 12.8. The molecule has 0 aliphatic carbocycles. The van der Waals surface area contributed by atoms with Crippen LogP contribution in [-0.2, 0) is 0 Å². The number of rotatable bonds is 4. The Labute approximate surface area is 295 Å². The third kappa shape index (κ3) is 4.43. The number of para-hydroxylation sites is 2. The van der Waals surface area contributed by atoms with E-state index >= 15 is 0 Å². The minimum Gasteiger partial charge on any atom is -0.456 e. The van der Waals surface area contributed by atoms with E-state index in [0.717, 1.165) is 49.8 Å². The van der Waals surface area contributed by atoms with Crippen LogP contribution >= 0.6 is 11.3 Å². The van der Waals surface area contributed by atoms with E-state index in [2.05, 4.69) is 132 Å². The van der Waals surface area contributed by atoms with Gasteiger partial charge in [0.2, 0.25) is 0 Å². The fourth-order valence-corrected chi connectivity index (χ4v) is 8.53. The highest BCUT2D eigenvalue weighted by Gasteiger charge is 2.18. The second kappa shape index (κ2) is 10.9. The Hall–Kier alpha value is -6.63. The summed E-state index contributed by atoms with van der Waals surface area (Å²) in [5.74, 6) is 1.87. The number of thiophene rings is 1. The number of furan rings is 1. The number of hydrogen-bond acceptors (Lipinski definition) is 5. The molecule has 0 atom stereocenters. The van der Waals surface area contributed by atoms with Crippen LogP contribution in [0, 0.1) is 0 Å². The Balaban J connectivity index is 1.09. The van der Waals surface area contributed by atoms with Crippen molar-refractivity contribution in [2.45, 2.75) is 0 Å². The molecule has 4 aromatic heterocycles. The molecular weight excluding hydrogens is 645 g/mol.